The van der Waals surface area contributed by atoms with Gasteiger partial charge in [0.25, 0.3) is 0 Å². The fourth-order valence-electron chi connectivity index (χ4n) is 3.62. The molecule has 0 heterocycles. The highest BCUT2D eigenvalue weighted by molar-refractivity contribution is 6.76. The molecular formula is C15H27NSi. The van der Waals surface area contributed by atoms with Crippen molar-refractivity contribution in [3.05, 3.63) is 24.3 Å². The summed E-state index contributed by atoms with van der Waals surface area (Å²) in [4.78, 5) is 3.94. The summed E-state index contributed by atoms with van der Waals surface area (Å²) in [6, 6.07) is 0. The monoisotopic (exact) mass is 249 g/mol. The molecule has 2 atom stereocenters. The third kappa shape index (κ3) is 3.11. The molecule has 0 bridgehead atoms. The van der Waals surface area contributed by atoms with Crippen molar-refractivity contribution in [3.8, 4) is 0 Å². The van der Waals surface area contributed by atoms with Gasteiger partial charge < -0.3 is 4.98 Å². The summed E-state index contributed by atoms with van der Waals surface area (Å²) < 4.78 is 0. The first-order valence-corrected chi connectivity index (χ1v) is 10.00. The Morgan fingerprint density at radius 3 is 1.88 bits per heavy atom. The summed E-state index contributed by atoms with van der Waals surface area (Å²) in [5.41, 5.74) is 1.18. The molecule has 2 unspecified atom stereocenters. The summed E-state index contributed by atoms with van der Waals surface area (Å²) in [6.45, 7) is 11.9. The van der Waals surface area contributed by atoms with Crippen LogP contribution in [0.2, 0.25) is 18.6 Å². The standard InChI is InChI=1S/C15H27NSi/c1-15(2,3)16-17(4,5)14-10-12-8-6-7-9-13(12)11-14/h6-9,12-14,16H,10-11H2,1-5H3. The van der Waals surface area contributed by atoms with Crippen LogP contribution in [0.25, 0.3) is 0 Å². The van der Waals surface area contributed by atoms with Crippen molar-refractivity contribution in [3.63, 3.8) is 0 Å². The number of fused-ring (bicyclic) bond motifs is 1. The molecule has 1 saturated carbocycles. The first-order valence-electron chi connectivity index (χ1n) is 6.92. The van der Waals surface area contributed by atoms with E-state index in [0.29, 0.717) is 0 Å². The van der Waals surface area contributed by atoms with Crippen molar-refractivity contribution in [1.29, 1.82) is 0 Å². The first kappa shape index (κ1) is 13.1. The summed E-state index contributed by atoms with van der Waals surface area (Å²) in [6.07, 6.45) is 12.1. The number of nitrogens with one attached hydrogen (secondary N) is 1. The number of allylic oxidation sites excluding steroid dienone is 4. The maximum Gasteiger partial charge on any atom is 0.123 e. The van der Waals surface area contributed by atoms with E-state index in [0.717, 1.165) is 17.4 Å². The molecule has 0 aromatic rings. The zero-order chi connectivity index (χ0) is 12.7. The van der Waals surface area contributed by atoms with Gasteiger partial charge in [0.05, 0.1) is 0 Å². The Kier molecular flexibility index (Phi) is 3.39. The Morgan fingerprint density at radius 2 is 1.47 bits per heavy atom. The second-order valence-electron chi connectivity index (χ2n) is 7.36. The molecule has 1 fully saturated rings. The van der Waals surface area contributed by atoms with Crippen LogP contribution in [0.4, 0.5) is 0 Å². The van der Waals surface area contributed by atoms with Gasteiger partial charge in [-0.05, 0) is 51.0 Å². The SMILES string of the molecule is CC(C)(C)N[Si](C)(C)C1CC2C=CC=CC2C1. The minimum Gasteiger partial charge on any atom is -0.332 e. The van der Waals surface area contributed by atoms with Gasteiger partial charge in [-0.3, -0.25) is 0 Å². The van der Waals surface area contributed by atoms with E-state index in [-0.39, 0.29) is 5.54 Å². The van der Waals surface area contributed by atoms with Crippen molar-refractivity contribution in [2.75, 3.05) is 0 Å². The molecule has 1 nitrogen and oxygen atoms in total. The van der Waals surface area contributed by atoms with Gasteiger partial charge in [0.15, 0.2) is 0 Å². The van der Waals surface area contributed by atoms with E-state index >= 15 is 0 Å². The van der Waals surface area contributed by atoms with Crippen molar-refractivity contribution in [1.82, 2.24) is 4.98 Å². The van der Waals surface area contributed by atoms with Gasteiger partial charge in [0, 0.05) is 5.54 Å². The number of hydrogen-bond donors (Lipinski definition) is 1. The highest BCUT2D eigenvalue weighted by Crippen LogP contribution is 2.47. The van der Waals surface area contributed by atoms with Crippen molar-refractivity contribution in [2.24, 2.45) is 11.8 Å². The second kappa shape index (κ2) is 4.40. The van der Waals surface area contributed by atoms with Crippen molar-refractivity contribution in [2.45, 2.75) is 57.8 Å². The van der Waals surface area contributed by atoms with Gasteiger partial charge >= 0.3 is 0 Å². The van der Waals surface area contributed by atoms with Crippen LogP contribution in [0, 0.1) is 11.8 Å². The predicted molar refractivity (Wildman–Crippen MR) is 78.6 cm³/mol. The molecule has 2 aliphatic carbocycles. The van der Waals surface area contributed by atoms with Gasteiger partial charge in [-0.15, -0.1) is 0 Å². The molecular weight excluding hydrogens is 222 g/mol. The Morgan fingerprint density at radius 1 is 1.00 bits per heavy atom. The lowest BCUT2D eigenvalue weighted by Crippen LogP contribution is -2.56. The third-order valence-corrected chi connectivity index (χ3v) is 8.12. The molecule has 0 aliphatic heterocycles. The lowest BCUT2D eigenvalue weighted by molar-refractivity contribution is 0.503. The molecule has 2 aliphatic rings. The third-order valence-electron chi connectivity index (χ3n) is 4.21. The Balaban J connectivity index is 2.04. The van der Waals surface area contributed by atoms with Crippen LogP contribution in [0.1, 0.15) is 33.6 Å². The van der Waals surface area contributed by atoms with E-state index in [1.807, 2.05) is 0 Å². The van der Waals surface area contributed by atoms with Crippen LogP contribution in [-0.2, 0) is 0 Å². The molecule has 1 N–H and O–H groups in total. The summed E-state index contributed by atoms with van der Waals surface area (Å²) >= 11 is 0. The van der Waals surface area contributed by atoms with Gasteiger partial charge in [-0.2, -0.15) is 0 Å². The lowest BCUT2D eigenvalue weighted by Gasteiger charge is -2.37. The average molecular weight is 249 g/mol. The van der Waals surface area contributed by atoms with Crippen molar-refractivity contribution < 1.29 is 0 Å². The first-order chi connectivity index (χ1) is 7.78. The normalized spacial score (nSPS) is 32.9. The topological polar surface area (TPSA) is 12.0 Å². The lowest BCUT2D eigenvalue weighted by atomic mass is 9.92. The van der Waals surface area contributed by atoms with Crippen LogP contribution in [0.3, 0.4) is 0 Å². The van der Waals surface area contributed by atoms with E-state index in [4.69, 9.17) is 0 Å². The molecule has 0 saturated heterocycles. The largest absolute Gasteiger partial charge is 0.332 e. The Hall–Kier alpha value is -0.343. The van der Waals surface area contributed by atoms with E-state index < -0.39 is 8.24 Å². The molecule has 0 radical (unpaired) electrons. The van der Waals surface area contributed by atoms with E-state index in [9.17, 15) is 0 Å². The maximum atomic E-state index is 3.94. The van der Waals surface area contributed by atoms with Crippen LogP contribution in [0.5, 0.6) is 0 Å². The quantitative estimate of drug-likeness (QED) is 0.727. The number of rotatable bonds is 2. The Bertz CT molecular complexity index is 315. The average Bonchev–Trinajstić information content (AvgIpc) is 2.57. The predicted octanol–water partition coefficient (Wildman–Crippen LogP) is 4.10. The molecule has 0 aromatic carbocycles. The minimum atomic E-state index is -1.31. The second-order valence-corrected chi connectivity index (χ2v) is 11.9. The highest BCUT2D eigenvalue weighted by atomic mass is 28.3. The van der Waals surface area contributed by atoms with Gasteiger partial charge in [0.2, 0.25) is 0 Å². The zero-order valence-corrected chi connectivity index (χ0v) is 13.0. The molecule has 0 spiro atoms. The fourth-order valence-corrected chi connectivity index (χ4v) is 7.48. The van der Waals surface area contributed by atoms with Crippen molar-refractivity contribution >= 4 is 8.24 Å². The van der Waals surface area contributed by atoms with Crippen LogP contribution in [-0.4, -0.2) is 13.8 Å². The molecule has 2 heteroatoms. The van der Waals surface area contributed by atoms with Crippen LogP contribution < -0.4 is 4.98 Å². The Labute approximate surface area is 107 Å². The minimum absolute atomic E-state index is 0.259. The summed E-state index contributed by atoms with van der Waals surface area (Å²) in [5, 5.41) is 0. The van der Waals surface area contributed by atoms with Gasteiger partial charge in [-0.1, -0.05) is 37.4 Å². The van der Waals surface area contributed by atoms with Gasteiger partial charge in [0.1, 0.15) is 8.24 Å². The zero-order valence-electron chi connectivity index (χ0n) is 12.0. The number of hydrogen-bond acceptors (Lipinski definition) is 1. The summed E-state index contributed by atoms with van der Waals surface area (Å²) in [7, 11) is -1.31. The smallest absolute Gasteiger partial charge is 0.123 e. The molecule has 0 amide bonds. The fraction of sp³-hybridized carbons (Fsp3) is 0.733. The molecule has 2 rings (SSSR count). The molecule has 96 valence electrons. The van der Waals surface area contributed by atoms with E-state index in [2.05, 4.69) is 63.2 Å². The highest BCUT2D eigenvalue weighted by Gasteiger charge is 2.42. The molecule has 17 heavy (non-hydrogen) atoms. The van der Waals surface area contributed by atoms with Crippen LogP contribution >= 0.6 is 0 Å². The summed E-state index contributed by atoms with van der Waals surface area (Å²) in [5.74, 6) is 1.64. The van der Waals surface area contributed by atoms with Crippen LogP contribution in [0.15, 0.2) is 24.3 Å². The molecule has 0 aromatic heterocycles. The van der Waals surface area contributed by atoms with Gasteiger partial charge in [-0.25, -0.2) is 0 Å². The maximum absolute atomic E-state index is 3.94. The van der Waals surface area contributed by atoms with E-state index in [1.54, 1.807) is 0 Å². The van der Waals surface area contributed by atoms with E-state index in [1.165, 1.54) is 12.8 Å².